The normalized spacial score (nSPS) is 34.4. The lowest BCUT2D eigenvalue weighted by Gasteiger charge is -2.45. The lowest BCUT2D eigenvalue weighted by molar-refractivity contribution is 0.0806. The van der Waals surface area contributed by atoms with Crippen LogP contribution in [0.3, 0.4) is 0 Å². The number of hydrogen-bond acceptors (Lipinski definition) is 4. The van der Waals surface area contributed by atoms with Crippen LogP contribution in [-0.4, -0.2) is 16.2 Å². The van der Waals surface area contributed by atoms with Crippen molar-refractivity contribution in [2.75, 3.05) is 0 Å². The van der Waals surface area contributed by atoms with Gasteiger partial charge >= 0.3 is 0 Å². The molecule has 1 heterocycles. The minimum absolute atomic E-state index is 0.126. The third kappa shape index (κ3) is 2.42. The topological polar surface area (TPSA) is 64.9 Å². The van der Waals surface area contributed by atoms with Gasteiger partial charge in [-0.2, -0.15) is 4.98 Å². The molecule has 3 unspecified atom stereocenters. The average Bonchev–Trinajstić information content (AvgIpc) is 3.04. The Morgan fingerprint density at radius 1 is 1.26 bits per heavy atom. The summed E-state index contributed by atoms with van der Waals surface area (Å²) < 4.78 is 5.55. The molecule has 4 heteroatoms. The highest BCUT2D eigenvalue weighted by atomic mass is 16.5. The van der Waals surface area contributed by atoms with E-state index in [-0.39, 0.29) is 5.41 Å². The fourth-order valence-electron chi connectivity index (χ4n) is 3.36. The molecule has 0 aromatic carbocycles. The Bertz CT molecular complexity index is 450. The molecule has 1 aromatic heterocycles. The Morgan fingerprint density at radius 3 is 2.68 bits per heavy atom. The van der Waals surface area contributed by atoms with Crippen molar-refractivity contribution >= 4 is 0 Å². The lowest BCUT2D eigenvalue weighted by atomic mass is 9.61. The molecule has 2 aliphatic rings. The van der Waals surface area contributed by atoms with E-state index in [1.165, 1.54) is 12.8 Å². The van der Waals surface area contributed by atoms with E-state index in [0.717, 1.165) is 36.9 Å². The summed E-state index contributed by atoms with van der Waals surface area (Å²) in [5.41, 5.74) is 6.33. The van der Waals surface area contributed by atoms with Gasteiger partial charge < -0.3 is 10.3 Å². The molecule has 19 heavy (non-hydrogen) atoms. The van der Waals surface area contributed by atoms with Crippen LogP contribution < -0.4 is 5.73 Å². The Balaban J connectivity index is 1.78. The van der Waals surface area contributed by atoms with Gasteiger partial charge in [0.2, 0.25) is 5.89 Å². The SMILES string of the molecule is CC1C(N)CCC(c2nc(CC3CC3)no2)C1(C)C. The second-order valence-electron chi connectivity index (χ2n) is 7.10. The number of rotatable bonds is 3. The van der Waals surface area contributed by atoms with Gasteiger partial charge in [-0.15, -0.1) is 0 Å². The van der Waals surface area contributed by atoms with Crippen molar-refractivity contribution in [3.63, 3.8) is 0 Å². The van der Waals surface area contributed by atoms with Crippen molar-refractivity contribution in [1.82, 2.24) is 10.1 Å². The van der Waals surface area contributed by atoms with Crippen LogP contribution in [0.4, 0.5) is 0 Å². The first-order valence-corrected chi connectivity index (χ1v) is 7.56. The summed E-state index contributed by atoms with van der Waals surface area (Å²) in [4.78, 5) is 4.65. The summed E-state index contributed by atoms with van der Waals surface area (Å²) in [7, 11) is 0. The molecule has 3 atom stereocenters. The monoisotopic (exact) mass is 263 g/mol. The van der Waals surface area contributed by atoms with Gasteiger partial charge in [0.15, 0.2) is 5.82 Å². The number of nitrogens with zero attached hydrogens (tertiary/aromatic N) is 2. The minimum Gasteiger partial charge on any atom is -0.339 e. The van der Waals surface area contributed by atoms with Gasteiger partial charge in [0, 0.05) is 18.4 Å². The molecule has 3 rings (SSSR count). The lowest BCUT2D eigenvalue weighted by Crippen LogP contribution is -2.45. The summed E-state index contributed by atoms with van der Waals surface area (Å²) >= 11 is 0. The molecule has 0 radical (unpaired) electrons. The van der Waals surface area contributed by atoms with E-state index in [1.54, 1.807) is 0 Å². The number of aromatic nitrogens is 2. The Hall–Kier alpha value is -0.900. The molecule has 2 N–H and O–H groups in total. The molecule has 0 amide bonds. The number of hydrogen-bond donors (Lipinski definition) is 1. The van der Waals surface area contributed by atoms with E-state index in [4.69, 9.17) is 10.3 Å². The van der Waals surface area contributed by atoms with E-state index >= 15 is 0 Å². The van der Waals surface area contributed by atoms with Crippen LogP contribution in [-0.2, 0) is 6.42 Å². The van der Waals surface area contributed by atoms with E-state index in [0.29, 0.717) is 17.9 Å². The smallest absolute Gasteiger partial charge is 0.230 e. The van der Waals surface area contributed by atoms with Crippen LogP contribution in [0.15, 0.2) is 4.52 Å². The third-order valence-electron chi connectivity index (χ3n) is 5.45. The van der Waals surface area contributed by atoms with Crippen LogP contribution in [0.2, 0.25) is 0 Å². The number of nitrogens with two attached hydrogens (primary N) is 1. The van der Waals surface area contributed by atoms with Gasteiger partial charge in [-0.25, -0.2) is 0 Å². The zero-order valence-corrected chi connectivity index (χ0v) is 12.2. The summed E-state index contributed by atoms with van der Waals surface area (Å²) in [5.74, 6) is 3.36. The zero-order chi connectivity index (χ0) is 13.6. The fraction of sp³-hybridized carbons (Fsp3) is 0.867. The van der Waals surface area contributed by atoms with Crippen molar-refractivity contribution in [3.8, 4) is 0 Å². The van der Waals surface area contributed by atoms with Crippen molar-refractivity contribution in [2.45, 2.75) is 64.8 Å². The molecular formula is C15H25N3O. The second kappa shape index (κ2) is 4.58. The molecular weight excluding hydrogens is 238 g/mol. The first kappa shape index (κ1) is 13.1. The summed E-state index contributed by atoms with van der Waals surface area (Å²) in [5, 5.41) is 4.16. The predicted octanol–water partition coefficient (Wildman–Crippen LogP) is 2.89. The largest absolute Gasteiger partial charge is 0.339 e. The summed E-state index contributed by atoms with van der Waals surface area (Å²) in [6, 6.07) is 0.292. The maximum absolute atomic E-state index is 6.21. The van der Waals surface area contributed by atoms with Crippen molar-refractivity contribution in [2.24, 2.45) is 23.0 Å². The van der Waals surface area contributed by atoms with Gasteiger partial charge in [-0.1, -0.05) is 25.9 Å². The van der Waals surface area contributed by atoms with Gasteiger partial charge in [0.25, 0.3) is 0 Å². The van der Waals surface area contributed by atoms with Crippen LogP contribution in [0, 0.1) is 17.3 Å². The van der Waals surface area contributed by atoms with Gasteiger partial charge in [0.05, 0.1) is 0 Å². The Morgan fingerprint density at radius 2 is 2.00 bits per heavy atom. The molecule has 2 aliphatic carbocycles. The molecule has 106 valence electrons. The molecule has 0 aliphatic heterocycles. The first-order chi connectivity index (χ1) is 8.98. The highest BCUT2D eigenvalue weighted by Crippen LogP contribution is 2.49. The Kier molecular flexibility index (Phi) is 3.16. The summed E-state index contributed by atoms with van der Waals surface area (Å²) in [6.45, 7) is 6.82. The highest BCUT2D eigenvalue weighted by molar-refractivity contribution is 5.07. The molecule has 4 nitrogen and oxygen atoms in total. The van der Waals surface area contributed by atoms with Crippen molar-refractivity contribution in [1.29, 1.82) is 0 Å². The van der Waals surface area contributed by atoms with Crippen molar-refractivity contribution in [3.05, 3.63) is 11.7 Å². The summed E-state index contributed by atoms with van der Waals surface area (Å²) in [6.07, 6.45) is 5.75. The van der Waals surface area contributed by atoms with Crippen LogP contribution in [0.25, 0.3) is 0 Å². The van der Waals surface area contributed by atoms with Gasteiger partial charge in [0.1, 0.15) is 0 Å². The maximum Gasteiger partial charge on any atom is 0.230 e. The molecule has 2 fully saturated rings. The fourth-order valence-corrected chi connectivity index (χ4v) is 3.36. The molecule has 1 aromatic rings. The van der Waals surface area contributed by atoms with E-state index in [1.807, 2.05) is 0 Å². The van der Waals surface area contributed by atoms with E-state index in [2.05, 4.69) is 30.9 Å². The molecule has 2 saturated carbocycles. The highest BCUT2D eigenvalue weighted by Gasteiger charge is 2.44. The van der Waals surface area contributed by atoms with E-state index < -0.39 is 0 Å². The molecule has 0 saturated heterocycles. The third-order valence-corrected chi connectivity index (χ3v) is 5.45. The van der Waals surface area contributed by atoms with Gasteiger partial charge in [-0.3, -0.25) is 0 Å². The van der Waals surface area contributed by atoms with Crippen LogP contribution in [0.1, 0.15) is 64.1 Å². The minimum atomic E-state index is 0.126. The van der Waals surface area contributed by atoms with Crippen LogP contribution in [0.5, 0.6) is 0 Å². The predicted molar refractivity (Wildman–Crippen MR) is 73.6 cm³/mol. The molecule has 0 spiro atoms. The zero-order valence-electron chi connectivity index (χ0n) is 12.2. The average molecular weight is 263 g/mol. The molecule has 0 bridgehead atoms. The van der Waals surface area contributed by atoms with Crippen LogP contribution >= 0.6 is 0 Å². The Labute approximate surface area is 115 Å². The van der Waals surface area contributed by atoms with Crippen molar-refractivity contribution < 1.29 is 4.52 Å². The standard InChI is InChI=1S/C15H25N3O/c1-9-12(16)7-6-11(15(9,2)3)14-17-13(18-19-14)8-10-4-5-10/h9-12H,4-8,16H2,1-3H3. The van der Waals surface area contributed by atoms with E-state index in [9.17, 15) is 0 Å². The first-order valence-electron chi connectivity index (χ1n) is 7.56. The maximum atomic E-state index is 6.21. The quantitative estimate of drug-likeness (QED) is 0.910. The van der Waals surface area contributed by atoms with Gasteiger partial charge in [-0.05, 0) is 42.9 Å². The second-order valence-corrected chi connectivity index (χ2v) is 7.10.